The number of phenols is 1. The summed E-state index contributed by atoms with van der Waals surface area (Å²) in [5.41, 5.74) is 3.09. The van der Waals surface area contributed by atoms with Crippen LogP contribution in [0, 0.1) is 0 Å². The maximum atomic E-state index is 9.80. The molecule has 0 atom stereocenters. The van der Waals surface area contributed by atoms with Crippen molar-refractivity contribution < 1.29 is 9.84 Å². The highest BCUT2D eigenvalue weighted by Crippen LogP contribution is 2.29. The molecule has 6 nitrogen and oxygen atoms in total. The molecule has 2 rings (SSSR count). The lowest BCUT2D eigenvalue weighted by molar-refractivity contribution is 0.0389. The highest BCUT2D eigenvalue weighted by Gasteiger charge is 2.09. The third-order valence-electron chi connectivity index (χ3n) is 3.24. The lowest BCUT2D eigenvalue weighted by Gasteiger charge is -2.26. The van der Waals surface area contributed by atoms with Crippen molar-refractivity contribution >= 4 is 46.7 Å². The summed E-state index contributed by atoms with van der Waals surface area (Å²) >= 11 is 16.8. The summed E-state index contributed by atoms with van der Waals surface area (Å²) in [6.07, 6.45) is 1.41. The van der Waals surface area contributed by atoms with Crippen molar-refractivity contribution in [3.8, 4) is 5.75 Å². The molecule has 3 N–H and O–H groups in total. The van der Waals surface area contributed by atoms with Gasteiger partial charge >= 0.3 is 0 Å². The molecule has 1 aliphatic rings. The quantitative estimate of drug-likeness (QED) is 0.413. The molecule has 0 amide bonds. The second kappa shape index (κ2) is 9.24. The Bertz CT molecular complexity index is 580. The third kappa shape index (κ3) is 6.12. The van der Waals surface area contributed by atoms with Crippen LogP contribution in [0.1, 0.15) is 5.56 Å². The van der Waals surface area contributed by atoms with Crippen molar-refractivity contribution in [3.63, 3.8) is 0 Å². The topological polar surface area (TPSA) is 69.1 Å². The second-order valence-electron chi connectivity index (χ2n) is 4.91. The van der Waals surface area contributed by atoms with Gasteiger partial charge in [-0.25, -0.2) is 0 Å². The Labute approximate surface area is 150 Å². The first-order chi connectivity index (χ1) is 11.1. The number of ether oxygens (including phenoxy) is 1. The Morgan fingerprint density at radius 2 is 2.13 bits per heavy atom. The molecule has 0 aromatic heterocycles. The second-order valence-corrected chi connectivity index (χ2v) is 6.16. The smallest absolute Gasteiger partial charge is 0.187 e. The van der Waals surface area contributed by atoms with Crippen LogP contribution in [0.4, 0.5) is 0 Å². The number of nitrogens with one attached hydrogen (secondary N) is 2. The van der Waals surface area contributed by atoms with E-state index < -0.39 is 0 Å². The predicted octanol–water partition coefficient (Wildman–Crippen LogP) is 1.83. The van der Waals surface area contributed by atoms with Gasteiger partial charge in [-0.3, -0.25) is 10.3 Å². The fourth-order valence-corrected chi connectivity index (χ4v) is 2.70. The molecule has 0 bridgehead atoms. The van der Waals surface area contributed by atoms with Crippen molar-refractivity contribution in [2.45, 2.75) is 0 Å². The number of nitrogens with zero attached hydrogens (tertiary/aromatic N) is 2. The molecule has 1 saturated heterocycles. The zero-order valence-electron chi connectivity index (χ0n) is 12.4. The van der Waals surface area contributed by atoms with Crippen LogP contribution < -0.4 is 10.7 Å². The van der Waals surface area contributed by atoms with E-state index in [0.717, 1.165) is 39.4 Å². The zero-order chi connectivity index (χ0) is 16.7. The minimum Gasteiger partial charge on any atom is -0.506 e. The van der Waals surface area contributed by atoms with Gasteiger partial charge in [0.25, 0.3) is 0 Å². The largest absolute Gasteiger partial charge is 0.506 e. The summed E-state index contributed by atoms with van der Waals surface area (Å²) in [6, 6.07) is 3.02. The SMILES string of the molecule is Oc1c(Cl)cc(Cl)cc1/C=N/NC(=S)NCCN1CCOCC1. The van der Waals surface area contributed by atoms with Crippen LogP contribution in [-0.2, 0) is 4.74 Å². The lowest BCUT2D eigenvalue weighted by atomic mass is 10.2. The Balaban J connectivity index is 1.73. The van der Waals surface area contributed by atoms with Gasteiger partial charge in [0.05, 0.1) is 24.5 Å². The number of hydrazone groups is 1. The van der Waals surface area contributed by atoms with Crippen molar-refractivity contribution in [2.75, 3.05) is 39.4 Å². The monoisotopic (exact) mass is 376 g/mol. The number of rotatable bonds is 5. The van der Waals surface area contributed by atoms with Gasteiger partial charge in [-0.1, -0.05) is 23.2 Å². The molecule has 0 spiro atoms. The summed E-state index contributed by atoms with van der Waals surface area (Å²) in [7, 11) is 0. The van der Waals surface area contributed by atoms with Crippen molar-refractivity contribution in [3.05, 3.63) is 27.7 Å². The number of phenolic OH excluding ortho intramolecular Hbond substituents is 1. The van der Waals surface area contributed by atoms with Crippen molar-refractivity contribution in [2.24, 2.45) is 5.10 Å². The highest BCUT2D eigenvalue weighted by atomic mass is 35.5. The first kappa shape index (κ1) is 18.2. The first-order valence-electron chi connectivity index (χ1n) is 7.11. The van der Waals surface area contributed by atoms with Gasteiger partial charge in [0, 0.05) is 36.8 Å². The van der Waals surface area contributed by atoms with Crippen molar-refractivity contribution in [1.82, 2.24) is 15.6 Å². The maximum Gasteiger partial charge on any atom is 0.187 e. The van der Waals surface area contributed by atoms with E-state index >= 15 is 0 Å². The minimum atomic E-state index is -0.0761. The molecule has 9 heteroatoms. The van der Waals surface area contributed by atoms with Crippen LogP contribution in [0.5, 0.6) is 5.75 Å². The van der Waals surface area contributed by atoms with Gasteiger partial charge in [-0.05, 0) is 24.4 Å². The van der Waals surface area contributed by atoms with Gasteiger partial charge < -0.3 is 15.2 Å². The van der Waals surface area contributed by atoms with Gasteiger partial charge in [0.2, 0.25) is 0 Å². The Hall–Kier alpha value is -1.12. The Morgan fingerprint density at radius 3 is 2.87 bits per heavy atom. The summed E-state index contributed by atoms with van der Waals surface area (Å²) in [5, 5.41) is 17.8. The van der Waals surface area contributed by atoms with Crippen LogP contribution in [0.25, 0.3) is 0 Å². The number of hydrogen-bond donors (Lipinski definition) is 3. The normalized spacial score (nSPS) is 15.7. The average Bonchev–Trinajstić information content (AvgIpc) is 2.53. The first-order valence-corrected chi connectivity index (χ1v) is 8.27. The molecule has 0 radical (unpaired) electrons. The van der Waals surface area contributed by atoms with E-state index in [4.69, 9.17) is 40.2 Å². The number of halogens is 2. The molecule has 23 heavy (non-hydrogen) atoms. The molecule has 1 aliphatic heterocycles. The van der Waals surface area contributed by atoms with E-state index in [9.17, 15) is 5.11 Å². The van der Waals surface area contributed by atoms with E-state index in [1.807, 2.05) is 0 Å². The fraction of sp³-hybridized carbons (Fsp3) is 0.429. The van der Waals surface area contributed by atoms with E-state index in [2.05, 4.69) is 20.7 Å². The van der Waals surface area contributed by atoms with Gasteiger partial charge in [0.15, 0.2) is 5.11 Å². The predicted molar refractivity (Wildman–Crippen MR) is 96.7 cm³/mol. The molecule has 1 heterocycles. The van der Waals surface area contributed by atoms with E-state index in [0.29, 0.717) is 15.7 Å². The number of aromatic hydroxyl groups is 1. The summed E-state index contributed by atoms with van der Waals surface area (Å²) in [4.78, 5) is 2.30. The van der Waals surface area contributed by atoms with Gasteiger partial charge in [0.1, 0.15) is 5.75 Å². The molecule has 0 unspecified atom stereocenters. The highest BCUT2D eigenvalue weighted by molar-refractivity contribution is 7.80. The van der Waals surface area contributed by atoms with E-state index in [1.54, 1.807) is 6.07 Å². The van der Waals surface area contributed by atoms with Crippen LogP contribution in [-0.4, -0.2) is 60.7 Å². The van der Waals surface area contributed by atoms with Gasteiger partial charge in [-0.2, -0.15) is 5.10 Å². The van der Waals surface area contributed by atoms with Crippen LogP contribution in [0.15, 0.2) is 17.2 Å². The molecule has 0 aliphatic carbocycles. The number of morpholine rings is 1. The van der Waals surface area contributed by atoms with E-state index in [1.165, 1.54) is 12.3 Å². The third-order valence-corrected chi connectivity index (χ3v) is 3.99. The summed E-state index contributed by atoms with van der Waals surface area (Å²) < 4.78 is 5.29. The summed E-state index contributed by atoms with van der Waals surface area (Å²) in [6.45, 7) is 5.04. The number of thiocarbonyl (C=S) groups is 1. The maximum absolute atomic E-state index is 9.80. The molecular weight excluding hydrogens is 359 g/mol. The molecule has 1 aromatic carbocycles. The van der Waals surface area contributed by atoms with Gasteiger partial charge in [-0.15, -0.1) is 0 Å². The lowest BCUT2D eigenvalue weighted by Crippen LogP contribution is -2.42. The molecule has 1 fully saturated rings. The summed E-state index contributed by atoms with van der Waals surface area (Å²) in [5.74, 6) is -0.0761. The number of benzene rings is 1. The van der Waals surface area contributed by atoms with Crippen LogP contribution in [0.2, 0.25) is 10.0 Å². The minimum absolute atomic E-state index is 0.0761. The van der Waals surface area contributed by atoms with E-state index in [-0.39, 0.29) is 10.8 Å². The molecule has 0 saturated carbocycles. The Morgan fingerprint density at radius 1 is 1.39 bits per heavy atom. The average molecular weight is 377 g/mol. The molecule has 126 valence electrons. The molecule has 1 aromatic rings. The van der Waals surface area contributed by atoms with Crippen LogP contribution in [0.3, 0.4) is 0 Å². The standard InChI is InChI=1S/C14H18Cl2N4O2S/c15-11-7-10(13(21)12(16)8-11)9-18-19-14(23)17-1-2-20-3-5-22-6-4-20/h7-9,21H,1-6H2,(H2,17,19,23)/b18-9+. The fourth-order valence-electron chi connectivity index (χ4n) is 2.04. The van der Waals surface area contributed by atoms with Crippen LogP contribution >= 0.6 is 35.4 Å². The molecular formula is C14H18Cl2N4O2S. The number of hydrogen-bond acceptors (Lipinski definition) is 5. The zero-order valence-corrected chi connectivity index (χ0v) is 14.7. The van der Waals surface area contributed by atoms with Crippen molar-refractivity contribution in [1.29, 1.82) is 0 Å². The Kier molecular flexibility index (Phi) is 7.32.